The normalized spacial score (nSPS) is 17.5. The fraction of sp³-hybridized carbons (Fsp3) is 0.429. The molecule has 1 N–H and O–H groups in total. The summed E-state index contributed by atoms with van der Waals surface area (Å²) >= 11 is 0. The van der Waals surface area contributed by atoms with Crippen LogP contribution >= 0.6 is 0 Å². The van der Waals surface area contributed by atoms with E-state index in [4.69, 9.17) is 9.47 Å². The molecule has 3 aromatic rings. The summed E-state index contributed by atoms with van der Waals surface area (Å²) in [6.45, 7) is 12.5. The maximum absolute atomic E-state index is 14.2. The second kappa shape index (κ2) is 14.6. The van der Waals surface area contributed by atoms with Gasteiger partial charge in [0.1, 0.15) is 8.07 Å². The lowest BCUT2D eigenvalue weighted by atomic mass is 9.78. The maximum Gasteiger partial charge on any atom is 0.340 e. The molecule has 7 rings (SSSR count). The van der Waals surface area contributed by atoms with Crippen molar-refractivity contribution in [2.24, 2.45) is 0 Å². The number of nitrogens with zero attached hydrogens (tertiary/aromatic N) is 3. The molecule has 4 aliphatic rings. The Bertz CT molecular complexity index is 1910. The van der Waals surface area contributed by atoms with Crippen molar-refractivity contribution in [3.05, 3.63) is 94.1 Å². The molecule has 3 aromatic carbocycles. The number of benzene rings is 3. The molecule has 4 aliphatic heterocycles. The highest BCUT2D eigenvalue weighted by molar-refractivity contribution is 7.03. The number of carbonyl (C=O) groups is 4. The van der Waals surface area contributed by atoms with Crippen molar-refractivity contribution in [2.45, 2.75) is 71.3 Å². The molecule has 3 amide bonds. The summed E-state index contributed by atoms with van der Waals surface area (Å²) in [6, 6.07) is 19.4. The molecular weight excluding hydrogens is 685 g/mol. The Balaban J connectivity index is 1.44. The summed E-state index contributed by atoms with van der Waals surface area (Å²) < 4.78 is 12.3. The summed E-state index contributed by atoms with van der Waals surface area (Å²) in [5.74, 6) is -1.62. The lowest BCUT2D eigenvalue weighted by molar-refractivity contribution is -0.136. The van der Waals surface area contributed by atoms with Crippen molar-refractivity contribution in [2.75, 3.05) is 56.2 Å². The van der Waals surface area contributed by atoms with Gasteiger partial charge in [-0.25, -0.2) is 4.79 Å². The van der Waals surface area contributed by atoms with Crippen LogP contribution in [-0.4, -0.2) is 83.0 Å². The minimum absolute atomic E-state index is 0.0453. The monoisotopic (exact) mass is 734 g/mol. The van der Waals surface area contributed by atoms with Crippen LogP contribution in [0.1, 0.15) is 89.9 Å². The fourth-order valence-electron chi connectivity index (χ4n) is 9.29. The average molecular weight is 735 g/mol. The minimum atomic E-state index is -2.36. The summed E-state index contributed by atoms with van der Waals surface area (Å²) in [7, 11) is -0.812. The number of methoxy groups -OCH3 is 1. The SMILES string of the molecule is CCN(CC)c1ccc2c(c1)[Si]1(CCCCC1)c1cc(N(CC)CC)ccc1C21OC(=O)c2cc(COC)c(C(=O)NCCN3C(=O)C=CC3=O)cc21. The third kappa shape index (κ3) is 5.88. The molecule has 10 nitrogen and oxygen atoms in total. The van der Waals surface area contributed by atoms with E-state index in [1.165, 1.54) is 40.3 Å². The van der Waals surface area contributed by atoms with E-state index in [1.807, 2.05) is 6.07 Å². The first kappa shape index (κ1) is 36.6. The van der Waals surface area contributed by atoms with Crippen molar-refractivity contribution in [3.63, 3.8) is 0 Å². The Morgan fingerprint density at radius 2 is 1.38 bits per heavy atom. The predicted octanol–water partition coefficient (Wildman–Crippen LogP) is 4.70. The number of ether oxygens (including phenoxy) is 2. The van der Waals surface area contributed by atoms with Gasteiger partial charge >= 0.3 is 5.97 Å². The third-order valence-corrected chi connectivity index (χ3v) is 17.2. The van der Waals surface area contributed by atoms with Crippen LogP contribution < -0.4 is 25.5 Å². The molecule has 0 aliphatic carbocycles. The number of amides is 3. The molecule has 0 radical (unpaired) electrons. The summed E-state index contributed by atoms with van der Waals surface area (Å²) in [5, 5.41) is 5.56. The zero-order valence-corrected chi connectivity index (χ0v) is 32.5. The molecule has 0 unspecified atom stereocenters. The molecule has 1 saturated heterocycles. The number of carbonyl (C=O) groups excluding carboxylic acids is 4. The Morgan fingerprint density at radius 1 is 0.811 bits per heavy atom. The number of hydrogen-bond donors (Lipinski definition) is 1. The van der Waals surface area contributed by atoms with Gasteiger partial charge in [0.25, 0.3) is 17.7 Å². The van der Waals surface area contributed by atoms with Crippen LogP contribution in [0.15, 0.2) is 60.7 Å². The number of nitrogens with one attached hydrogen (secondary N) is 1. The highest BCUT2D eigenvalue weighted by Crippen LogP contribution is 2.51. The maximum atomic E-state index is 14.2. The van der Waals surface area contributed by atoms with E-state index in [2.05, 4.69) is 79.2 Å². The van der Waals surface area contributed by atoms with Crippen molar-refractivity contribution >= 4 is 53.5 Å². The van der Waals surface area contributed by atoms with Gasteiger partial charge in [-0.05, 0) is 92.1 Å². The Kier molecular flexibility index (Phi) is 10.1. The van der Waals surface area contributed by atoms with Gasteiger partial charge in [0, 0.05) is 92.2 Å². The van der Waals surface area contributed by atoms with E-state index >= 15 is 0 Å². The van der Waals surface area contributed by atoms with Gasteiger partial charge in [0.2, 0.25) is 0 Å². The van der Waals surface area contributed by atoms with E-state index in [1.54, 1.807) is 13.2 Å². The van der Waals surface area contributed by atoms with Crippen LogP contribution in [0.2, 0.25) is 12.1 Å². The Labute approximate surface area is 313 Å². The minimum Gasteiger partial charge on any atom is -0.441 e. The van der Waals surface area contributed by atoms with Crippen LogP contribution in [0.25, 0.3) is 0 Å². The van der Waals surface area contributed by atoms with Crippen LogP contribution in [-0.2, 0) is 31.3 Å². The molecule has 0 bridgehead atoms. The molecule has 0 atom stereocenters. The highest BCUT2D eigenvalue weighted by Gasteiger charge is 2.59. The lowest BCUT2D eigenvalue weighted by Gasteiger charge is -2.48. The molecule has 11 heteroatoms. The fourth-order valence-corrected chi connectivity index (χ4v) is 15.0. The molecule has 2 spiro atoms. The standard InChI is InChI=1S/C42H50N4O6Si/c1-6-44(7-2)29-13-15-33-36(24-29)53(21-11-10-12-22-53)37-25-30(45(8-3)9-4)14-16-34(37)42(33)35-26-31(28(27-51-5)23-32(35)41(50)52-42)40(49)43-19-20-46-38(47)17-18-39(46)48/h13-18,23-26H,6-12,19-22,27H2,1-5H3,(H,43,49). The van der Waals surface area contributed by atoms with Crippen molar-refractivity contribution < 1.29 is 28.7 Å². The third-order valence-electron chi connectivity index (χ3n) is 11.9. The van der Waals surface area contributed by atoms with E-state index in [9.17, 15) is 19.2 Å². The Hall–Kier alpha value is -4.74. The van der Waals surface area contributed by atoms with Gasteiger partial charge in [-0.15, -0.1) is 0 Å². The van der Waals surface area contributed by atoms with E-state index in [-0.39, 0.29) is 25.6 Å². The van der Waals surface area contributed by atoms with Crippen molar-refractivity contribution in [1.82, 2.24) is 10.2 Å². The highest BCUT2D eigenvalue weighted by atomic mass is 28.3. The smallest absolute Gasteiger partial charge is 0.340 e. The second-order valence-electron chi connectivity index (χ2n) is 14.4. The van der Waals surface area contributed by atoms with Gasteiger partial charge < -0.3 is 24.6 Å². The van der Waals surface area contributed by atoms with Crippen molar-refractivity contribution in [3.8, 4) is 0 Å². The van der Waals surface area contributed by atoms with Gasteiger partial charge in [-0.2, -0.15) is 0 Å². The van der Waals surface area contributed by atoms with E-state index < -0.39 is 31.5 Å². The number of anilines is 2. The summed E-state index contributed by atoms with van der Waals surface area (Å²) in [6.07, 6.45) is 6.00. The van der Waals surface area contributed by atoms with E-state index in [0.29, 0.717) is 22.3 Å². The quantitative estimate of drug-likeness (QED) is 0.162. The van der Waals surface area contributed by atoms with Gasteiger partial charge in [0.05, 0.1) is 12.2 Å². The largest absolute Gasteiger partial charge is 0.441 e. The molecule has 4 heterocycles. The zero-order valence-electron chi connectivity index (χ0n) is 31.5. The predicted molar refractivity (Wildman–Crippen MR) is 209 cm³/mol. The van der Waals surface area contributed by atoms with Crippen LogP contribution in [0.4, 0.5) is 11.4 Å². The van der Waals surface area contributed by atoms with Crippen LogP contribution in [0, 0.1) is 0 Å². The number of imide groups is 1. The van der Waals surface area contributed by atoms with E-state index in [0.717, 1.165) is 67.1 Å². The second-order valence-corrected chi connectivity index (χ2v) is 18.7. The molecule has 53 heavy (non-hydrogen) atoms. The first-order valence-corrected chi connectivity index (χ1v) is 21.6. The van der Waals surface area contributed by atoms with Crippen molar-refractivity contribution in [1.29, 1.82) is 0 Å². The number of fused-ring (bicyclic) bond motifs is 8. The topological polar surface area (TPSA) is 108 Å². The first-order chi connectivity index (χ1) is 25.7. The van der Waals surface area contributed by atoms with Gasteiger partial charge in [-0.3, -0.25) is 19.3 Å². The molecular formula is C42H50N4O6Si. The zero-order chi connectivity index (χ0) is 37.5. The van der Waals surface area contributed by atoms with Crippen LogP contribution in [0.3, 0.4) is 0 Å². The summed E-state index contributed by atoms with van der Waals surface area (Å²) in [4.78, 5) is 58.4. The van der Waals surface area contributed by atoms with Gasteiger partial charge in [0.15, 0.2) is 5.60 Å². The van der Waals surface area contributed by atoms with Gasteiger partial charge in [-0.1, -0.05) is 31.4 Å². The average Bonchev–Trinajstić information content (AvgIpc) is 3.65. The number of esters is 1. The Morgan fingerprint density at radius 3 is 1.91 bits per heavy atom. The van der Waals surface area contributed by atoms with Crippen LogP contribution in [0.5, 0.6) is 0 Å². The first-order valence-electron chi connectivity index (χ1n) is 19.2. The molecule has 1 fully saturated rings. The lowest BCUT2D eigenvalue weighted by Crippen LogP contribution is -2.67. The summed E-state index contributed by atoms with van der Waals surface area (Å²) in [5.41, 5.74) is 5.08. The number of hydrogen-bond acceptors (Lipinski definition) is 8. The molecule has 0 saturated carbocycles. The molecule has 0 aromatic heterocycles. The molecule has 278 valence electrons. The number of rotatable bonds is 12.